The molecule has 1 saturated carbocycles. The van der Waals surface area contributed by atoms with E-state index in [1.807, 2.05) is 0 Å². The van der Waals surface area contributed by atoms with Crippen LogP contribution in [0.1, 0.15) is 26.7 Å². The lowest BCUT2D eigenvalue weighted by Crippen LogP contribution is -2.53. The van der Waals surface area contributed by atoms with E-state index in [1.165, 1.54) is 0 Å². The molecule has 5 nitrogen and oxygen atoms in total. The van der Waals surface area contributed by atoms with Crippen LogP contribution in [0.25, 0.3) is 0 Å². The van der Waals surface area contributed by atoms with Crippen molar-refractivity contribution in [2.45, 2.75) is 38.8 Å². The zero-order valence-electron chi connectivity index (χ0n) is 8.37. The van der Waals surface area contributed by atoms with Crippen LogP contribution in [0.5, 0.6) is 0 Å². The molecule has 80 valence electrons. The van der Waals surface area contributed by atoms with Crippen LogP contribution in [0, 0.1) is 5.92 Å². The van der Waals surface area contributed by atoms with E-state index in [4.69, 9.17) is 0 Å². The summed E-state index contributed by atoms with van der Waals surface area (Å²) in [7, 11) is 0. The van der Waals surface area contributed by atoms with E-state index in [9.17, 15) is 14.7 Å². The van der Waals surface area contributed by atoms with E-state index in [0.717, 1.165) is 12.8 Å². The first kappa shape index (κ1) is 10.8. The van der Waals surface area contributed by atoms with Gasteiger partial charge in [-0.3, -0.25) is 0 Å². The molecule has 1 atom stereocenters. The van der Waals surface area contributed by atoms with Crippen LogP contribution in [0.15, 0.2) is 0 Å². The molecule has 0 aromatic heterocycles. The second-order valence-electron chi connectivity index (χ2n) is 3.93. The molecular weight excluding hydrogens is 184 g/mol. The van der Waals surface area contributed by atoms with Gasteiger partial charge in [0.2, 0.25) is 0 Å². The number of carbonyl (C=O) groups excluding carboxylic acids is 2. The van der Waals surface area contributed by atoms with Gasteiger partial charge in [-0.15, -0.1) is 0 Å². The van der Waals surface area contributed by atoms with Crippen LogP contribution in [0.3, 0.4) is 0 Å². The van der Waals surface area contributed by atoms with Crippen LogP contribution in [0.2, 0.25) is 0 Å². The Kier molecular flexibility index (Phi) is 3.33. The van der Waals surface area contributed by atoms with E-state index in [0.29, 0.717) is 0 Å². The molecule has 0 radical (unpaired) electrons. The molecule has 0 saturated heterocycles. The van der Waals surface area contributed by atoms with Gasteiger partial charge in [-0.25, -0.2) is 4.79 Å². The fourth-order valence-corrected chi connectivity index (χ4v) is 1.09. The van der Waals surface area contributed by atoms with Gasteiger partial charge in [-0.2, -0.15) is 0 Å². The van der Waals surface area contributed by atoms with Crippen molar-refractivity contribution < 1.29 is 14.7 Å². The Morgan fingerprint density at radius 2 is 1.93 bits per heavy atom. The average Bonchev–Trinajstić information content (AvgIpc) is 2.82. The lowest BCUT2D eigenvalue weighted by Gasteiger charge is -2.23. The van der Waals surface area contributed by atoms with Crippen molar-refractivity contribution in [3.05, 3.63) is 0 Å². The average molecular weight is 199 g/mol. The number of amides is 2. The molecular formula is C9H15N2O3-. The summed E-state index contributed by atoms with van der Waals surface area (Å²) in [6.07, 6.45) is 1.95. The minimum Gasteiger partial charge on any atom is -0.548 e. The van der Waals surface area contributed by atoms with Crippen molar-refractivity contribution in [3.63, 3.8) is 0 Å². The van der Waals surface area contributed by atoms with Gasteiger partial charge in [0.1, 0.15) is 0 Å². The zero-order valence-corrected chi connectivity index (χ0v) is 8.37. The third kappa shape index (κ3) is 3.24. The first-order valence-corrected chi connectivity index (χ1v) is 4.78. The highest BCUT2D eigenvalue weighted by Gasteiger charge is 2.25. The molecule has 5 heteroatoms. The lowest BCUT2D eigenvalue weighted by atomic mass is 10.1. The fraction of sp³-hybridized carbons (Fsp3) is 0.778. The smallest absolute Gasteiger partial charge is 0.315 e. The predicted molar refractivity (Wildman–Crippen MR) is 48.3 cm³/mol. The molecule has 0 spiro atoms. The summed E-state index contributed by atoms with van der Waals surface area (Å²) >= 11 is 0. The summed E-state index contributed by atoms with van der Waals surface area (Å²) in [5.74, 6) is -1.42. The highest BCUT2D eigenvalue weighted by molar-refractivity contribution is 5.82. The molecule has 1 aliphatic rings. The first-order chi connectivity index (χ1) is 6.50. The second-order valence-corrected chi connectivity index (χ2v) is 3.93. The van der Waals surface area contributed by atoms with E-state index in [-0.39, 0.29) is 12.0 Å². The van der Waals surface area contributed by atoms with Gasteiger partial charge in [0.15, 0.2) is 0 Å². The maximum Gasteiger partial charge on any atom is 0.315 e. The summed E-state index contributed by atoms with van der Waals surface area (Å²) in [5.41, 5.74) is 0. The summed E-state index contributed by atoms with van der Waals surface area (Å²) < 4.78 is 0. The highest BCUT2D eigenvalue weighted by atomic mass is 16.4. The van der Waals surface area contributed by atoms with Gasteiger partial charge in [0, 0.05) is 6.04 Å². The van der Waals surface area contributed by atoms with Gasteiger partial charge >= 0.3 is 6.03 Å². The Morgan fingerprint density at radius 1 is 1.36 bits per heavy atom. The maximum absolute atomic E-state index is 11.2. The van der Waals surface area contributed by atoms with Gasteiger partial charge < -0.3 is 20.5 Å². The van der Waals surface area contributed by atoms with Gasteiger partial charge in [0.05, 0.1) is 12.0 Å². The minimum atomic E-state index is -1.24. The zero-order chi connectivity index (χ0) is 10.7. The molecule has 2 amide bonds. The molecule has 1 rings (SSSR count). The Hall–Kier alpha value is -1.26. The van der Waals surface area contributed by atoms with Crippen LogP contribution in [-0.2, 0) is 4.79 Å². The normalized spacial score (nSPS) is 17.6. The number of hydrogen-bond acceptors (Lipinski definition) is 3. The molecule has 1 fully saturated rings. The van der Waals surface area contributed by atoms with E-state index >= 15 is 0 Å². The molecule has 0 aromatic carbocycles. The molecule has 0 aromatic rings. The first-order valence-electron chi connectivity index (χ1n) is 4.78. The number of urea groups is 1. The van der Waals surface area contributed by atoms with E-state index < -0.39 is 18.0 Å². The van der Waals surface area contributed by atoms with Gasteiger partial charge in [0.25, 0.3) is 0 Å². The van der Waals surface area contributed by atoms with E-state index in [1.54, 1.807) is 13.8 Å². The SMILES string of the molecule is CC(C)[C@@H](NC(=O)NC1CC1)C(=O)[O-]. The fourth-order valence-electron chi connectivity index (χ4n) is 1.09. The monoisotopic (exact) mass is 199 g/mol. The topological polar surface area (TPSA) is 81.3 Å². The van der Waals surface area contributed by atoms with Crippen molar-refractivity contribution >= 4 is 12.0 Å². The standard InChI is InChI=1S/C9H16N2O3/c1-5(2)7(8(12)13)11-9(14)10-6-3-4-6/h5-7H,3-4H2,1-2H3,(H,12,13)(H2,10,11,14)/p-1/t7-/m1/s1. The highest BCUT2D eigenvalue weighted by Crippen LogP contribution is 2.18. The van der Waals surface area contributed by atoms with E-state index in [2.05, 4.69) is 10.6 Å². The minimum absolute atomic E-state index is 0.176. The third-order valence-electron chi connectivity index (χ3n) is 2.12. The Morgan fingerprint density at radius 3 is 2.29 bits per heavy atom. The summed E-state index contributed by atoms with van der Waals surface area (Å²) in [5, 5.41) is 15.7. The Balaban J connectivity index is 2.37. The number of carbonyl (C=O) groups is 2. The van der Waals surface area contributed by atoms with Crippen molar-refractivity contribution in [2.75, 3.05) is 0 Å². The second kappa shape index (κ2) is 4.30. The molecule has 0 heterocycles. The molecule has 0 unspecified atom stereocenters. The third-order valence-corrected chi connectivity index (χ3v) is 2.12. The van der Waals surface area contributed by atoms with Crippen LogP contribution < -0.4 is 15.7 Å². The van der Waals surface area contributed by atoms with Crippen LogP contribution >= 0.6 is 0 Å². The predicted octanol–water partition coefficient (Wildman–Crippen LogP) is -0.777. The summed E-state index contributed by atoms with van der Waals surface area (Å²) in [4.78, 5) is 21.8. The molecule has 0 aliphatic heterocycles. The van der Waals surface area contributed by atoms with Crippen molar-refractivity contribution in [2.24, 2.45) is 5.92 Å². The lowest BCUT2D eigenvalue weighted by molar-refractivity contribution is -0.309. The number of rotatable bonds is 4. The van der Waals surface area contributed by atoms with Crippen molar-refractivity contribution in [1.82, 2.24) is 10.6 Å². The number of hydrogen-bond donors (Lipinski definition) is 2. The van der Waals surface area contributed by atoms with Crippen LogP contribution in [0.4, 0.5) is 4.79 Å². The maximum atomic E-state index is 11.2. The van der Waals surface area contributed by atoms with Gasteiger partial charge in [-0.05, 0) is 18.8 Å². The van der Waals surface area contributed by atoms with Crippen LogP contribution in [-0.4, -0.2) is 24.1 Å². The number of carboxylic acid groups (broad SMARTS) is 1. The molecule has 1 aliphatic carbocycles. The van der Waals surface area contributed by atoms with Gasteiger partial charge in [-0.1, -0.05) is 13.8 Å². The largest absolute Gasteiger partial charge is 0.548 e. The Bertz CT molecular complexity index is 236. The number of carboxylic acids is 1. The number of nitrogens with one attached hydrogen (secondary N) is 2. The molecule has 2 N–H and O–H groups in total. The number of aliphatic carboxylic acids is 1. The summed E-state index contributed by atoms with van der Waals surface area (Å²) in [6.45, 7) is 3.44. The molecule has 14 heavy (non-hydrogen) atoms. The summed E-state index contributed by atoms with van der Waals surface area (Å²) in [6, 6.07) is -1.12. The Labute approximate surface area is 82.9 Å². The quantitative estimate of drug-likeness (QED) is 0.623. The van der Waals surface area contributed by atoms with Crippen molar-refractivity contribution in [3.8, 4) is 0 Å². The molecule has 0 bridgehead atoms. The van der Waals surface area contributed by atoms with Crippen molar-refractivity contribution in [1.29, 1.82) is 0 Å².